The van der Waals surface area contributed by atoms with E-state index in [2.05, 4.69) is 5.32 Å². The second-order valence-corrected chi connectivity index (χ2v) is 4.86. The molecule has 0 aromatic heterocycles. The number of carbonyl (C=O) groups is 1. The van der Waals surface area contributed by atoms with Gasteiger partial charge in [0, 0.05) is 16.6 Å². The first-order valence-corrected chi connectivity index (χ1v) is 6.94. The molecule has 104 valence electrons. The molecule has 0 aliphatic heterocycles. The fourth-order valence-electron chi connectivity index (χ4n) is 1.70. The van der Waals surface area contributed by atoms with Gasteiger partial charge < -0.3 is 11.1 Å². The Morgan fingerprint density at radius 1 is 1.20 bits per heavy atom. The zero-order valence-corrected chi connectivity index (χ0v) is 11.4. The van der Waals surface area contributed by atoms with E-state index >= 15 is 0 Å². The van der Waals surface area contributed by atoms with Crippen LogP contribution in [-0.2, 0) is 0 Å². The van der Waals surface area contributed by atoms with Crippen LogP contribution in [0.1, 0.15) is 10.4 Å². The van der Waals surface area contributed by atoms with Gasteiger partial charge in [0.15, 0.2) is 11.6 Å². The van der Waals surface area contributed by atoms with Crippen molar-refractivity contribution in [3.05, 3.63) is 53.6 Å². The highest BCUT2D eigenvalue weighted by atomic mass is 32.2. The molecule has 3 N–H and O–H groups in total. The zero-order valence-electron chi connectivity index (χ0n) is 10.6. The second-order valence-electron chi connectivity index (χ2n) is 4.01. The van der Waals surface area contributed by atoms with E-state index < -0.39 is 17.5 Å². The van der Waals surface area contributed by atoms with Gasteiger partial charge in [-0.1, -0.05) is 12.1 Å². The Hall–Kier alpha value is -2.08. The molecule has 0 aliphatic carbocycles. The lowest BCUT2D eigenvalue weighted by Gasteiger charge is -2.10. The molecule has 0 aliphatic rings. The number of carbonyl (C=O) groups excluding carboxylic acids is 1. The number of thioether (sulfide) groups is 1. The normalized spacial score (nSPS) is 10.3. The maximum Gasteiger partial charge on any atom is 0.257 e. The Bertz CT molecular complexity index is 662. The summed E-state index contributed by atoms with van der Waals surface area (Å²) in [6, 6.07) is 8.76. The molecule has 2 rings (SSSR count). The van der Waals surface area contributed by atoms with E-state index in [1.54, 1.807) is 12.1 Å². The predicted molar refractivity (Wildman–Crippen MR) is 76.9 cm³/mol. The summed E-state index contributed by atoms with van der Waals surface area (Å²) in [4.78, 5) is 12.9. The number of hydrogen-bond acceptors (Lipinski definition) is 3. The third-order valence-corrected chi connectivity index (χ3v) is 3.49. The fourth-order valence-corrected chi connectivity index (χ4v) is 2.25. The average Bonchev–Trinajstić information content (AvgIpc) is 2.43. The van der Waals surface area contributed by atoms with E-state index in [1.165, 1.54) is 11.8 Å². The van der Waals surface area contributed by atoms with Crippen molar-refractivity contribution in [3.63, 3.8) is 0 Å². The number of halogens is 2. The Balaban J connectivity index is 2.31. The molecule has 0 saturated heterocycles. The first kappa shape index (κ1) is 14.3. The Morgan fingerprint density at radius 2 is 1.85 bits per heavy atom. The van der Waals surface area contributed by atoms with Crippen molar-refractivity contribution in [2.75, 3.05) is 17.3 Å². The number of rotatable bonds is 3. The van der Waals surface area contributed by atoms with E-state index in [4.69, 9.17) is 5.73 Å². The number of nitrogens with one attached hydrogen (secondary N) is 1. The van der Waals surface area contributed by atoms with Gasteiger partial charge >= 0.3 is 0 Å². The van der Waals surface area contributed by atoms with Crippen LogP contribution in [0.2, 0.25) is 0 Å². The summed E-state index contributed by atoms with van der Waals surface area (Å²) in [5, 5.41) is 2.64. The van der Waals surface area contributed by atoms with Crippen molar-refractivity contribution in [3.8, 4) is 0 Å². The fraction of sp³-hybridized carbons (Fsp3) is 0.0714. The summed E-state index contributed by atoms with van der Waals surface area (Å²) in [5.74, 6) is -2.77. The van der Waals surface area contributed by atoms with Gasteiger partial charge in [0.25, 0.3) is 5.91 Å². The number of anilines is 2. The van der Waals surface area contributed by atoms with Crippen molar-refractivity contribution >= 4 is 29.0 Å². The minimum Gasteiger partial charge on any atom is -0.398 e. The smallest absolute Gasteiger partial charge is 0.257 e. The molecule has 2 aromatic carbocycles. The number of para-hydroxylation sites is 1. The average molecular weight is 294 g/mol. The summed E-state index contributed by atoms with van der Waals surface area (Å²) in [7, 11) is 0. The van der Waals surface area contributed by atoms with E-state index in [0.29, 0.717) is 5.69 Å². The standard InChI is InChI=1S/C14H12F2N2OS/c1-20-13-5-3-2-4-12(13)18-14(19)8-6-9(15)10(16)7-11(8)17/h2-7H,17H2,1H3,(H,18,19). The first-order chi connectivity index (χ1) is 9.52. The van der Waals surface area contributed by atoms with Crippen LogP contribution in [0, 0.1) is 11.6 Å². The maximum absolute atomic E-state index is 13.2. The topological polar surface area (TPSA) is 55.1 Å². The lowest BCUT2D eigenvalue weighted by molar-refractivity contribution is 0.102. The van der Waals surface area contributed by atoms with Crippen LogP contribution in [0.25, 0.3) is 0 Å². The summed E-state index contributed by atoms with van der Waals surface area (Å²) >= 11 is 1.46. The molecule has 2 aromatic rings. The highest BCUT2D eigenvalue weighted by Crippen LogP contribution is 2.26. The van der Waals surface area contributed by atoms with Gasteiger partial charge in [0.05, 0.1) is 11.3 Å². The molecular weight excluding hydrogens is 282 g/mol. The number of amides is 1. The molecule has 0 bridgehead atoms. The Morgan fingerprint density at radius 3 is 2.55 bits per heavy atom. The molecule has 0 heterocycles. The van der Waals surface area contributed by atoms with Crippen LogP contribution in [0.4, 0.5) is 20.2 Å². The largest absolute Gasteiger partial charge is 0.398 e. The highest BCUT2D eigenvalue weighted by Gasteiger charge is 2.15. The van der Waals surface area contributed by atoms with Gasteiger partial charge in [-0.15, -0.1) is 11.8 Å². The summed E-state index contributed by atoms with van der Waals surface area (Å²) in [6.45, 7) is 0. The van der Waals surface area contributed by atoms with Crippen LogP contribution in [0.5, 0.6) is 0 Å². The third kappa shape index (κ3) is 2.91. The summed E-state index contributed by atoms with van der Waals surface area (Å²) in [6.07, 6.45) is 1.87. The molecule has 0 spiro atoms. The molecule has 3 nitrogen and oxygen atoms in total. The molecule has 0 atom stereocenters. The number of hydrogen-bond donors (Lipinski definition) is 2. The zero-order chi connectivity index (χ0) is 14.7. The Labute approximate surface area is 119 Å². The first-order valence-electron chi connectivity index (χ1n) is 5.72. The van der Waals surface area contributed by atoms with Gasteiger partial charge in [-0.3, -0.25) is 4.79 Å². The highest BCUT2D eigenvalue weighted by molar-refractivity contribution is 7.98. The van der Waals surface area contributed by atoms with E-state index in [1.807, 2.05) is 18.4 Å². The molecular formula is C14H12F2N2OS. The summed E-state index contributed by atoms with van der Waals surface area (Å²) in [5.41, 5.74) is 5.93. The molecule has 0 fully saturated rings. The lowest BCUT2D eigenvalue weighted by atomic mass is 10.1. The van der Waals surface area contributed by atoms with Gasteiger partial charge in [0.1, 0.15) is 0 Å². The van der Waals surface area contributed by atoms with Crippen LogP contribution in [0.15, 0.2) is 41.3 Å². The monoisotopic (exact) mass is 294 g/mol. The van der Waals surface area contributed by atoms with Crippen molar-refractivity contribution in [1.29, 1.82) is 0 Å². The minimum atomic E-state index is -1.11. The van der Waals surface area contributed by atoms with Crippen LogP contribution >= 0.6 is 11.8 Å². The van der Waals surface area contributed by atoms with Gasteiger partial charge in [-0.25, -0.2) is 8.78 Å². The van der Waals surface area contributed by atoms with Crippen LogP contribution < -0.4 is 11.1 Å². The quantitative estimate of drug-likeness (QED) is 0.672. The van der Waals surface area contributed by atoms with Gasteiger partial charge in [-0.05, 0) is 24.5 Å². The van der Waals surface area contributed by atoms with Crippen molar-refractivity contribution in [2.45, 2.75) is 4.90 Å². The third-order valence-electron chi connectivity index (χ3n) is 2.69. The SMILES string of the molecule is CSc1ccccc1NC(=O)c1cc(F)c(F)cc1N. The lowest BCUT2D eigenvalue weighted by Crippen LogP contribution is -2.15. The molecule has 1 amide bonds. The Kier molecular flexibility index (Phi) is 4.24. The van der Waals surface area contributed by atoms with E-state index in [0.717, 1.165) is 17.0 Å². The maximum atomic E-state index is 13.2. The van der Waals surface area contributed by atoms with Gasteiger partial charge in [-0.2, -0.15) is 0 Å². The molecule has 0 radical (unpaired) electrons. The molecule has 20 heavy (non-hydrogen) atoms. The van der Waals surface area contributed by atoms with Crippen LogP contribution in [-0.4, -0.2) is 12.2 Å². The molecule has 0 saturated carbocycles. The summed E-state index contributed by atoms with van der Waals surface area (Å²) < 4.78 is 26.2. The van der Waals surface area contributed by atoms with Gasteiger partial charge in [0.2, 0.25) is 0 Å². The van der Waals surface area contributed by atoms with E-state index in [9.17, 15) is 13.6 Å². The second kappa shape index (κ2) is 5.92. The van der Waals surface area contributed by atoms with Crippen molar-refractivity contribution in [2.24, 2.45) is 0 Å². The predicted octanol–water partition coefficient (Wildman–Crippen LogP) is 3.52. The van der Waals surface area contributed by atoms with E-state index in [-0.39, 0.29) is 11.3 Å². The molecule has 6 heteroatoms. The molecule has 0 unspecified atom stereocenters. The minimum absolute atomic E-state index is 0.0974. The number of nitrogens with two attached hydrogens (primary N) is 1. The number of nitrogen functional groups attached to an aromatic ring is 1. The number of benzene rings is 2. The van der Waals surface area contributed by atoms with Crippen molar-refractivity contribution in [1.82, 2.24) is 0 Å². The van der Waals surface area contributed by atoms with Crippen LogP contribution in [0.3, 0.4) is 0 Å². The van der Waals surface area contributed by atoms with Crippen molar-refractivity contribution < 1.29 is 13.6 Å².